The molecule has 1 aromatic heterocycles. The molecule has 0 radical (unpaired) electrons. The largest absolute Gasteiger partial charge is 0.342 e. The van der Waals surface area contributed by atoms with Crippen molar-refractivity contribution in [2.45, 2.75) is 18.1 Å². The minimum Gasteiger partial charge on any atom is -0.342 e. The van der Waals surface area contributed by atoms with Crippen molar-refractivity contribution in [1.29, 1.82) is 0 Å². The van der Waals surface area contributed by atoms with Crippen LogP contribution in [0, 0.1) is 3.57 Å². The summed E-state index contributed by atoms with van der Waals surface area (Å²) in [7, 11) is 1.82. The van der Waals surface area contributed by atoms with Crippen LogP contribution in [0.3, 0.4) is 0 Å². The predicted octanol–water partition coefficient (Wildman–Crippen LogP) is 3.64. The molecule has 2 aromatic carbocycles. The van der Waals surface area contributed by atoms with Gasteiger partial charge in [0.05, 0.1) is 11.8 Å². The van der Waals surface area contributed by atoms with Crippen LogP contribution < -0.4 is 10.6 Å². The second kappa shape index (κ2) is 9.88. The van der Waals surface area contributed by atoms with Crippen molar-refractivity contribution >= 4 is 51.9 Å². The van der Waals surface area contributed by atoms with Crippen LogP contribution in [0.4, 0.5) is 5.69 Å². The summed E-state index contributed by atoms with van der Waals surface area (Å²) < 4.78 is 2.90. The van der Waals surface area contributed by atoms with E-state index < -0.39 is 0 Å². The van der Waals surface area contributed by atoms with Crippen LogP contribution >= 0.6 is 34.4 Å². The monoisotopic (exact) mass is 521 g/mol. The van der Waals surface area contributed by atoms with Gasteiger partial charge in [-0.3, -0.25) is 9.59 Å². The molecule has 0 saturated heterocycles. The van der Waals surface area contributed by atoms with Gasteiger partial charge in [-0.2, -0.15) is 0 Å². The molecule has 9 heteroatoms. The Bertz CT molecular complexity index is 992. The fraction of sp³-hybridized carbons (Fsp3) is 0.200. The second-order valence-corrected chi connectivity index (χ2v) is 8.49. The van der Waals surface area contributed by atoms with E-state index in [1.165, 1.54) is 11.8 Å². The maximum Gasteiger partial charge on any atom is 0.251 e. The zero-order valence-electron chi connectivity index (χ0n) is 15.9. The van der Waals surface area contributed by atoms with Crippen molar-refractivity contribution in [3.05, 3.63) is 69.6 Å². The zero-order valence-corrected chi connectivity index (χ0v) is 18.9. The Morgan fingerprint density at radius 1 is 1.10 bits per heavy atom. The van der Waals surface area contributed by atoms with E-state index in [1.807, 2.05) is 56.4 Å². The lowest BCUT2D eigenvalue weighted by molar-refractivity contribution is -0.113. The Hall–Kier alpha value is -2.40. The van der Waals surface area contributed by atoms with Crippen molar-refractivity contribution < 1.29 is 9.59 Å². The number of thioether (sulfide) groups is 1. The maximum atomic E-state index is 12.3. The van der Waals surface area contributed by atoms with E-state index in [4.69, 9.17) is 0 Å². The summed E-state index contributed by atoms with van der Waals surface area (Å²) in [6.45, 7) is 1.85. The molecule has 0 aliphatic heterocycles. The molecule has 1 heterocycles. The Labute approximate surface area is 186 Å². The van der Waals surface area contributed by atoms with Crippen LogP contribution in [-0.2, 0) is 11.8 Å². The minimum atomic E-state index is -0.324. The molecular formula is C20H20IN5O2S. The number of nitrogens with zero attached hydrogens (tertiary/aromatic N) is 3. The number of benzene rings is 2. The molecule has 2 amide bonds. The lowest BCUT2D eigenvalue weighted by atomic mass is 10.2. The fourth-order valence-corrected chi connectivity index (χ4v) is 3.70. The molecule has 3 aromatic rings. The first-order valence-corrected chi connectivity index (χ1v) is 10.9. The van der Waals surface area contributed by atoms with Crippen LogP contribution in [0.15, 0.2) is 59.8 Å². The fourth-order valence-electron chi connectivity index (χ4n) is 2.62. The average Bonchev–Trinajstić information content (AvgIpc) is 3.09. The van der Waals surface area contributed by atoms with Gasteiger partial charge in [0.25, 0.3) is 5.91 Å². The van der Waals surface area contributed by atoms with Crippen LogP contribution in [0.1, 0.15) is 29.1 Å². The van der Waals surface area contributed by atoms with Gasteiger partial charge in [-0.25, -0.2) is 0 Å². The van der Waals surface area contributed by atoms with Crippen LogP contribution in [0.5, 0.6) is 0 Å². The SMILES string of the molecule is C[C@@H](NC(=O)c1ccccc1)c1nnc(SCC(=O)Nc2ccc(I)cc2)n1C. The number of hydrogen-bond donors (Lipinski definition) is 2. The number of carbonyl (C=O) groups is 2. The summed E-state index contributed by atoms with van der Waals surface area (Å²) in [5.74, 6) is 0.538. The molecule has 0 spiro atoms. The first-order chi connectivity index (χ1) is 13.9. The Morgan fingerprint density at radius 2 is 1.79 bits per heavy atom. The number of carbonyl (C=O) groups excluding carboxylic acids is 2. The summed E-state index contributed by atoms with van der Waals surface area (Å²) >= 11 is 3.51. The highest BCUT2D eigenvalue weighted by molar-refractivity contribution is 14.1. The highest BCUT2D eigenvalue weighted by Gasteiger charge is 2.19. The van der Waals surface area contributed by atoms with Gasteiger partial charge in [0.2, 0.25) is 5.91 Å². The third-order valence-corrected chi connectivity index (χ3v) is 5.84. The van der Waals surface area contributed by atoms with Crippen molar-refractivity contribution in [2.75, 3.05) is 11.1 Å². The van der Waals surface area contributed by atoms with Gasteiger partial charge in [-0.05, 0) is 65.9 Å². The number of aromatic nitrogens is 3. The van der Waals surface area contributed by atoms with Crippen LogP contribution in [0.2, 0.25) is 0 Å². The number of nitrogens with one attached hydrogen (secondary N) is 2. The van der Waals surface area contributed by atoms with Gasteiger partial charge in [-0.15, -0.1) is 10.2 Å². The molecule has 0 fully saturated rings. The third-order valence-electron chi connectivity index (χ3n) is 4.10. The van der Waals surface area contributed by atoms with Crippen LogP contribution in [0.25, 0.3) is 0 Å². The summed E-state index contributed by atoms with van der Waals surface area (Å²) in [4.78, 5) is 24.5. The molecular weight excluding hydrogens is 501 g/mol. The number of halogens is 1. The molecule has 1 atom stereocenters. The Morgan fingerprint density at radius 3 is 2.48 bits per heavy atom. The molecule has 150 valence electrons. The highest BCUT2D eigenvalue weighted by atomic mass is 127. The molecule has 0 aliphatic carbocycles. The molecule has 2 N–H and O–H groups in total. The molecule has 0 aliphatic rings. The third kappa shape index (κ3) is 5.80. The van der Waals surface area contributed by atoms with Crippen molar-refractivity contribution in [2.24, 2.45) is 7.05 Å². The lowest BCUT2D eigenvalue weighted by Crippen LogP contribution is -2.28. The number of anilines is 1. The molecule has 0 unspecified atom stereocenters. The number of amides is 2. The van der Waals surface area contributed by atoms with Gasteiger partial charge in [-0.1, -0.05) is 30.0 Å². The van der Waals surface area contributed by atoms with E-state index >= 15 is 0 Å². The predicted molar refractivity (Wildman–Crippen MR) is 122 cm³/mol. The summed E-state index contributed by atoms with van der Waals surface area (Å²) in [6.07, 6.45) is 0. The van der Waals surface area contributed by atoms with E-state index in [0.717, 1.165) is 9.26 Å². The molecule has 0 saturated carbocycles. The quantitative estimate of drug-likeness (QED) is 0.366. The number of hydrogen-bond acceptors (Lipinski definition) is 5. The Kier molecular flexibility index (Phi) is 7.26. The normalized spacial score (nSPS) is 11.7. The second-order valence-electron chi connectivity index (χ2n) is 6.30. The van der Waals surface area contributed by atoms with Crippen molar-refractivity contribution in [1.82, 2.24) is 20.1 Å². The van der Waals surface area contributed by atoms with Crippen LogP contribution in [-0.4, -0.2) is 32.3 Å². The summed E-state index contributed by atoms with van der Waals surface area (Å²) in [6, 6.07) is 16.3. The minimum absolute atomic E-state index is 0.119. The zero-order chi connectivity index (χ0) is 20.8. The first kappa shape index (κ1) is 21.3. The Balaban J connectivity index is 1.56. The first-order valence-electron chi connectivity index (χ1n) is 8.87. The van der Waals surface area contributed by atoms with E-state index in [1.54, 1.807) is 16.7 Å². The van der Waals surface area contributed by atoms with E-state index in [0.29, 0.717) is 16.5 Å². The molecule has 7 nitrogen and oxygen atoms in total. The topological polar surface area (TPSA) is 88.9 Å². The van der Waals surface area contributed by atoms with Gasteiger partial charge >= 0.3 is 0 Å². The molecule has 29 heavy (non-hydrogen) atoms. The summed E-state index contributed by atoms with van der Waals surface area (Å²) in [5, 5.41) is 14.7. The smallest absolute Gasteiger partial charge is 0.251 e. The van der Waals surface area contributed by atoms with Gasteiger partial charge in [0.15, 0.2) is 11.0 Å². The summed E-state index contributed by atoms with van der Waals surface area (Å²) in [5.41, 5.74) is 1.34. The molecule has 3 rings (SSSR count). The molecule has 0 bridgehead atoms. The van der Waals surface area contributed by atoms with Gasteiger partial charge in [0.1, 0.15) is 0 Å². The standard InChI is InChI=1S/C20H20IN5O2S/c1-13(22-19(28)14-6-4-3-5-7-14)18-24-25-20(26(18)2)29-12-17(27)23-16-10-8-15(21)9-11-16/h3-11,13H,12H2,1-2H3,(H,22,28)(H,23,27)/t13-/m1/s1. The van der Waals surface area contributed by atoms with Crippen molar-refractivity contribution in [3.8, 4) is 0 Å². The lowest BCUT2D eigenvalue weighted by Gasteiger charge is -2.13. The van der Waals surface area contributed by atoms with E-state index in [2.05, 4.69) is 43.4 Å². The van der Waals surface area contributed by atoms with Crippen molar-refractivity contribution in [3.63, 3.8) is 0 Å². The maximum absolute atomic E-state index is 12.3. The average molecular weight is 521 g/mol. The number of rotatable bonds is 7. The van der Waals surface area contributed by atoms with E-state index in [-0.39, 0.29) is 23.6 Å². The highest BCUT2D eigenvalue weighted by Crippen LogP contribution is 2.20. The van der Waals surface area contributed by atoms with E-state index in [9.17, 15) is 9.59 Å². The van der Waals surface area contributed by atoms with Gasteiger partial charge in [0, 0.05) is 21.9 Å². The van der Waals surface area contributed by atoms with Gasteiger partial charge < -0.3 is 15.2 Å².